The molecule has 0 atom stereocenters. The van der Waals surface area contributed by atoms with Crippen LogP contribution in [0.2, 0.25) is 0 Å². The minimum absolute atomic E-state index is 0.0423. The second-order valence-electron chi connectivity index (χ2n) is 5.28. The average molecular weight is 288 g/mol. The second-order valence-corrected chi connectivity index (χ2v) is 5.28. The number of benzene rings is 1. The Labute approximate surface area is 124 Å². The Morgan fingerprint density at radius 1 is 1.33 bits per heavy atom. The van der Waals surface area contributed by atoms with Crippen molar-refractivity contribution in [3.63, 3.8) is 0 Å². The van der Waals surface area contributed by atoms with Gasteiger partial charge in [-0.1, -0.05) is 32.0 Å². The van der Waals surface area contributed by atoms with Crippen molar-refractivity contribution in [1.82, 2.24) is 4.90 Å². The summed E-state index contributed by atoms with van der Waals surface area (Å²) in [5, 5.41) is 17.8. The van der Waals surface area contributed by atoms with Crippen LogP contribution in [0.3, 0.4) is 0 Å². The summed E-state index contributed by atoms with van der Waals surface area (Å²) in [4.78, 5) is 25.1. The van der Waals surface area contributed by atoms with Crippen LogP contribution in [0.4, 0.5) is 0 Å². The zero-order valence-corrected chi connectivity index (χ0v) is 12.4. The highest BCUT2D eigenvalue weighted by atomic mass is 16.4. The van der Waals surface area contributed by atoms with Crippen molar-refractivity contribution in [3.8, 4) is 6.07 Å². The molecule has 5 heteroatoms. The van der Waals surface area contributed by atoms with Gasteiger partial charge in [-0.05, 0) is 17.5 Å². The maximum absolute atomic E-state index is 12.4. The van der Waals surface area contributed by atoms with E-state index in [4.69, 9.17) is 10.4 Å². The summed E-state index contributed by atoms with van der Waals surface area (Å²) in [5.41, 5.74) is 0.649. The fraction of sp³-hybridized carbons (Fsp3) is 0.438. The van der Waals surface area contributed by atoms with Gasteiger partial charge in [0.05, 0.1) is 24.5 Å². The summed E-state index contributed by atoms with van der Waals surface area (Å²) in [7, 11) is 0. The Hall–Kier alpha value is -2.35. The van der Waals surface area contributed by atoms with Gasteiger partial charge in [-0.3, -0.25) is 4.79 Å². The van der Waals surface area contributed by atoms with Crippen molar-refractivity contribution in [3.05, 3.63) is 35.4 Å². The molecule has 1 N–H and O–H groups in total. The van der Waals surface area contributed by atoms with Gasteiger partial charge in [0.25, 0.3) is 0 Å². The lowest BCUT2D eigenvalue weighted by atomic mass is 10.0. The molecule has 0 aliphatic heterocycles. The van der Waals surface area contributed by atoms with E-state index in [1.165, 1.54) is 6.07 Å². The quantitative estimate of drug-likeness (QED) is 0.834. The van der Waals surface area contributed by atoms with Crippen LogP contribution < -0.4 is 0 Å². The normalized spacial score (nSPS) is 10.2. The van der Waals surface area contributed by atoms with Gasteiger partial charge in [0.1, 0.15) is 0 Å². The van der Waals surface area contributed by atoms with Crippen LogP contribution in [-0.4, -0.2) is 35.0 Å². The van der Waals surface area contributed by atoms with E-state index in [1.54, 1.807) is 23.1 Å². The Morgan fingerprint density at radius 2 is 2.00 bits per heavy atom. The largest absolute Gasteiger partial charge is 0.478 e. The monoisotopic (exact) mass is 288 g/mol. The first-order valence-corrected chi connectivity index (χ1v) is 6.91. The predicted octanol–water partition coefficient (Wildman–Crippen LogP) is 2.33. The molecule has 1 aromatic rings. The van der Waals surface area contributed by atoms with Gasteiger partial charge in [-0.15, -0.1) is 0 Å². The van der Waals surface area contributed by atoms with E-state index in [-0.39, 0.29) is 24.3 Å². The van der Waals surface area contributed by atoms with E-state index in [0.29, 0.717) is 24.6 Å². The molecule has 5 nitrogen and oxygen atoms in total. The maximum Gasteiger partial charge on any atom is 0.335 e. The number of aromatic carboxylic acids is 1. The van der Waals surface area contributed by atoms with Crippen LogP contribution in [0.25, 0.3) is 0 Å². The number of carboxylic acids is 1. The number of rotatable bonds is 7. The van der Waals surface area contributed by atoms with E-state index in [0.717, 1.165) is 0 Å². The molecule has 1 rings (SSSR count). The lowest BCUT2D eigenvalue weighted by molar-refractivity contribution is -0.130. The van der Waals surface area contributed by atoms with Crippen LogP contribution in [0.1, 0.15) is 36.2 Å². The number of nitrogens with zero attached hydrogens (tertiary/aromatic N) is 2. The van der Waals surface area contributed by atoms with Crippen LogP contribution >= 0.6 is 0 Å². The molecule has 0 aromatic heterocycles. The van der Waals surface area contributed by atoms with E-state index < -0.39 is 5.97 Å². The molecule has 0 saturated heterocycles. The first-order chi connectivity index (χ1) is 9.95. The van der Waals surface area contributed by atoms with Crippen LogP contribution in [0, 0.1) is 17.2 Å². The first-order valence-electron chi connectivity index (χ1n) is 6.91. The Kier molecular flexibility index (Phi) is 6.41. The smallest absolute Gasteiger partial charge is 0.335 e. The zero-order chi connectivity index (χ0) is 15.8. The van der Waals surface area contributed by atoms with Gasteiger partial charge in [-0.2, -0.15) is 5.26 Å². The van der Waals surface area contributed by atoms with Crippen molar-refractivity contribution in [2.45, 2.75) is 26.7 Å². The number of carbonyl (C=O) groups excluding carboxylic acids is 1. The molecule has 0 aliphatic rings. The molecule has 0 spiro atoms. The third-order valence-electron chi connectivity index (χ3n) is 3.02. The Morgan fingerprint density at radius 3 is 2.57 bits per heavy atom. The molecule has 0 aliphatic carbocycles. The summed E-state index contributed by atoms with van der Waals surface area (Å²) in [6.45, 7) is 4.94. The Balaban J connectivity index is 2.86. The van der Waals surface area contributed by atoms with Crippen LogP contribution in [-0.2, 0) is 11.2 Å². The molecule has 0 heterocycles. The molecule has 1 amide bonds. The summed E-state index contributed by atoms with van der Waals surface area (Å²) < 4.78 is 0. The molecule has 0 saturated carbocycles. The topological polar surface area (TPSA) is 81.4 Å². The average Bonchev–Trinajstić information content (AvgIpc) is 2.43. The fourth-order valence-electron chi connectivity index (χ4n) is 2.10. The van der Waals surface area contributed by atoms with Gasteiger partial charge in [0, 0.05) is 13.1 Å². The van der Waals surface area contributed by atoms with Gasteiger partial charge in [0.15, 0.2) is 0 Å². The van der Waals surface area contributed by atoms with E-state index in [9.17, 15) is 9.59 Å². The minimum atomic E-state index is -1.04. The fourth-order valence-corrected chi connectivity index (χ4v) is 2.10. The summed E-state index contributed by atoms with van der Waals surface area (Å²) in [5.74, 6) is -0.888. The van der Waals surface area contributed by atoms with E-state index in [1.807, 2.05) is 19.9 Å². The molecular formula is C16H20N2O3. The number of hydrogen-bond donors (Lipinski definition) is 1. The van der Waals surface area contributed by atoms with Crippen LogP contribution in [0.5, 0.6) is 0 Å². The highest BCUT2D eigenvalue weighted by Gasteiger charge is 2.18. The predicted molar refractivity (Wildman–Crippen MR) is 78.8 cm³/mol. The SMILES string of the molecule is CC(C)CN(CCC#N)C(=O)Cc1ccccc1C(=O)O. The second kappa shape index (κ2) is 8.05. The van der Waals surface area contributed by atoms with Crippen molar-refractivity contribution in [1.29, 1.82) is 5.26 Å². The standard InChI is InChI=1S/C16H20N2O3/c1-12(2)11-18(9-5-8-17)15(19)10-13-6-3-4-7-14(13)16(20)21/h3-4,6-7,12H,5,9-11H2,1-2H3,(H,20,21). The molecule has 1 aromatic carbocycles. The Bertz CT molecular complexity index is 547. The van der Waals surface area contributed by atoms with Crippen molar-refractivity contribution >= 4 is 11.9 Å². The van der Waals surface area contributed by atoms with Crippen LogP contribution in [0.15, 0.2) is 24.3 Å². The highest BCUT2D eigenvalue weighted by Crippen LogP contribution is 2.12. The third kappa shape index (κ3) is 5.27. The molecule has 21 heavy (non-hydrogen) atoms. The summed E-state index contributed by atoms with van der Waals surface area (Å²) >= 11 is 0. The van der Waals surface area contributed by atoms with Gasteiger partial charge >= 0.3 is 5.97 Å². The first kappa shape index (κ1) is 16.7. The summed E-state index contributed by atoms with van der Waals surface area (Å²) in [6, 6.07) is 8.53. The number of amides is 1. The number of nitriles is 1. The van der Waals surface area contributed by atoms with Gasteiger partial charge < -0.3 is 10.0 Å². The molecule has 0 radical (unpaired) electrons. The molecule has 0 unspecified atom stereocenters. The third-order valence-corrected chi connectivity index (χ3v) is 3.02. The van der Waals surface area contributed by atoms with Crippen molar-refractivity contribution in [2.24, 2.45) is 5.92 Å². The summed E-state index contributed by atoms with van der Waals surface area (Å²) in [6.07, 6.45) is 0.319. The van der Waals surface area contributed by atoms with Crippen molar-refractivity contribution < 1.29 is 14.7 Å². The van der Waals surface area contributed by atoms with Gasteiger partial charge in [0.2, 0.25) is 5.91 Å². The highest BCUT2D eigenvalue weighted by molar-refractivity contribution is 5.91. The lowest BCUT2D eigenvalue weighted by Gasteiger charge is -2.24. The van der Waals surface area contributed by atoms with E-state index >= 15 is 0 Å². The van der Waals surface area contributed by atoms with Crippen molar-refractivity contribution in [2.75, 3.05) is 13.1 Å². The molecule has 0 fully saturated rings. The number of hydrogen-bond acceptors (Lipinski definition) is 3. The zero-order valence-electron chi connectivity index (χ0n) is 12.4. The maximum atomic E-state index is 12.4. The number of carboxylic acid groups (broad SMARTS) is 1. The lowest BCUT2D eigenvalue weighted by Crippen LogP contribution is -2.36. The van der Waals surface area contributed by atoms with E-state index in [2.05, 4.69) is 0 Å². The molecule has 112 valence electrons. The van der Waals surface area contributed by atoms with Gasteiger partial charge in [-0.25, -0.2) is 4.79 Å². The molecule has 0 bridgehead atoms. The number of carbonyl (C=O) groups is 2. The molecular weight excluding hydrogens is 268 g/mol. The minimum Gasteiger partial charge on any atom is -0.478 e.